The van der Waals surface area contributed by atoms with Gasteiger partial charge in [-0.25, -0.2) is 4.39 Å². The number of amides is 2. The monoisotopic (exact) mass is 557 g/mol. The first-order valence-electron chi connectivity index (χ1n) is 12.5. The van der Waals surface area contributed by atoms with Gasteiger partial charge in [0, 0.05) is 44.3 Å². The van der Waals surface area contributed by atoms with Gasteiger partial charge >= 0.3 is 6.18 Å². The predicted octanol–water partition coefficient (Wildman–Crippen LogP) is 1.86. The van der Waals surface area contributed by atoms with Gasteiger partial charge in [0.2, 0.25) is 11.8 Å². The summed E-state index contributed by atoms with van der Waals surface area (Å²) >= 11 is 0. The second-order valence-corrected chi connectivity index (χ2v) is 12.4. The summed E-state index contributed by atoms with van der Waals surface area (Å²) in [5, 5.41) is 11.5. The lowest BCUT2D eigenvalue weighted by Gasteiger charge is -2.41. The number of halogens is 4. The Balaban J connectivity index is 1.22. The predicted molar refractivity (Wildman–Crippen MR) is 124 cm³/mol. The highest BCUT2D eigenvalue weighted by Crippen LogP contribution is 2.49. The molecule has 1 aliphatic carbocycles. The molecule has 0 unspecified atom stereocenters. The first-order valence-corrected chi connectivity index (χ1v) is 13.9. The van der Waals surface area contributed by atoms with E-state index in [-0.39, 0.29) is 62.1 Å². The summed E-state index contributed by atoms with van der Waals surface area (Å²) in [4.78, 5) is 28.1. The first-order chi connectivity index (χ1) is 17.9. The van der Waals surface area contributed by atoms with Crippen molar-refractivity contribution in [3.63, 3.8) is 0 Å². The molecular weight excluding hydrogens is 530 g/mol. The van der Waals surface area contributed by atoms with Crippen LogP contribution in [0, 0.1) is 34.9 Å². The number of hydrogen-bond acceptors (Lipinski definition) is 5. The van der Waals surface area contributed by atoms with E-state index >= 15 is 0 Å². The molecule has 5 rings (SSSR count). The Kier molecular flexibility index (Phi) is 6.90. The molecule has 0 bridgehead atoms. The number of alkyl halides is 3. The summed E-state index contributed by atoms with van der Waals surface area (Å²) in [6, 6.07) is 3.22. The van der Waals surface area contributed by atoms with Gasteiger partial charge in [0.1, 0.15) is 11.9 Å². The van der Waals surface area contributed by atoms with Gasteiger partial charge in [-0.3, -0.25) is 9.59 Å². The molecule has 3 aliphatic heterocycles. The van der Waals surface area contributed by atoms with Crippen LogP contribution in [-0.2, 0) is 32.5 Å². The summed E-state index contributed by atoms with van der Waals surface area (Å²) in [5.74, 6) is -2.70. The second kappa shape index (κ2) is 9.77. The highest BCUT2D eigenvalue weighted by molar-refractivity contribution is 7.86. The molecule has 14 heteroatoms. The van der Waals surface area contributed by atoms with E-state index in [0.29, 0.717) is 25.3 Å². The quantitative estimate of drug-likeness (QED) is 0.537. The number of carbonyl (C=O) groups excluding carboxylic acids is 2. The van der Waals surface area contributed by atoms with Crippen molar-refractivity contribution in [1.29, 1.82) is 5.26 Å². The average molecular weight is 558 g/mol. The molecule has 1 N–H and O–H groups in total. The lowest BCUT2D eigenvalue weighted by atomic mass is 9.97. The highest BCUT2D eigenvalue weighted by atomic mass is 32.2. The number of piperidine rings is 2. The van der Waals surface area contributed by atoms with Crippen LogP contribution in [0.15, 0.2) is 18.2 Å². The van der Waals surface area contributed by atoms with Crippen molar-refractivity contribution in [3.8, 4) is 6.07 Å². The van der Waals surface area contributed by atoms with Gasteiger partial charge in [-0.1, -0.05) is 6.07 Å². The maximum absolute atomic E-state index is 14.2. The third-order valence-electron chi connectivity index (χ3n) is 7.91. The van der Waals surface area contributed by atoms with E-state index in [9.17, 15) is 35.6 Å². The summed E-state index contributed by atoms with van der Waals surface area (Å²) in [5.41, 5.74) is -1.23. The molecule has 1 saturated carbocycles. The van der Waals surface area contributed by atoms with E-state index in [4.69, 9.17) is 5.26 Å². The molecule has 206 valence electrons. The van der Waals surface area contributed by atoms with Crippen molar-refractivity contribution >= 4 is 22.0 Å². The smallest absolute Gasteiger partial charge is 0.350 e. The van der Waals surface area contributed by atoms with E-state index in [1.54, 1.807) is 0 Å². The van der Waals surface area contributed by atoms with Crippen LogP contribution in [0.5, 0.6) is 0 Å². The maximum Gasteiger partial charge on any atom is 0.416 e. The number of nitrogens with zero attached hydrogens (tertiary/aromatic N) is 4. The molecule has 0 radical (unpaired) electrons. The number of carbonyl (C=O) groups is 2. The van der Waals surface area contributed by atoms with Crippen LogP contribution in [0.2, 0.25) is 0 Å². The average Bonchev–Trinajstić information content (AvgIpc) is 3.50. The van der Waals surface area contributed by atoms with Gasteiger partial charge in [-0.05, 0) is 43.7 Å². The molecule has 2 amide bonds. The van der Waals surface area contributed by atoms with Crippen LogP contribution < -0.4 is 5.32 Å². The number of likely N-dealkylation sites (tertiary alicyclic amines) is 1. The van der Waals surface area contributed by atoms with Gasteiger partial charge in [0.15, 0.2) is 0 Å². The molecule has 38 heavy (non-hydrogen) atoms. The number of nitriles is 1. The Hall–Kier alpha value is -2.76. The zero-order chi connectivity index (χ0) is 27.4. The summed E-state index contributed by atoms with van der Waals surface area (Å²) < 4.78 is 81.0. The van der Waals surface area contributed by atoms with Crippen molar-refractivity contribution in [2.45, 2.75) is 50.5 Å². The number of benzene rings is 1. The minimum Gasteiger partial charge on any atom is -0.350 e. The molecule has 3 saturated heterocycles. The van der Waals surface area contributed by atoms with Crippen LogP contribution >= 0.6 is 0 Å². The Labute approximate surface area is 217 Å². The van der Waals surface area contributed by atoms with Crippen LogP contribution in [0.1, 0.15) is 36.8 Å². The summed E-state index contributed by atoms with van der Waals surface area (Å²) in [7, 11) is -3.79. The highest BCUT2D eigenvalue weighted by Gasteiger charge is 2.57. The van der Waals surface area contributed by atoms with E-state index < -0.39 is 45.6 Å². The van der Waals surface area contributed by atoms with Crippen LogP contribution in [0.25, 0.3) is 0 Å². The van der Waals surface area contributed by atoms with Gasteiger partial charge in [0.05, 0.1) is 23.5 Å². The van der Waals surface area contributed by atoms with Gasteiger partial charge in [-0.15, -0.1) is 0 Å². The van der Waals surface area contributed by atoms with Crippen molar-refractivity contribution in [2.24, 2.45) is 17.8 Å². The zero-order valence-electron chi connectivity index (χ0n) is 20.3. The van der Waals surface area contributed by atoms with Crippen LogP contribution in [0.4, 0.5) is 17.6 Å². The second-order valence-electron chi connectivity index (χ2n) is 10.4. The molecule has 4 fully saturated rings. The van der Waals surface area contributed by atoms with Crippen LogP contribution in [-0.4, -0.2) is 72.0 Å². The molecule has 1 aromatic rings. The standard InChI is InChI=1S/C24H27F4N5O4S/c25-19-8-18(24(26,27)28)4-3-15(19)10-30-22(34)21-7-17-6-20(17)33(21)23(35)16-2-1-5-31(13-16)38(36,37)32-11-14(9-29)12-32/h3-4,8,14,16-17,20-21H,1-2,5-7,10-13H2,(H,30,34)/t16-,17+,20+,21+/m0/s1. The Morgan fingerprint density at radius 1 is 1.13 bits per heavy atom. The molecule has 3 heterocycles. The minimum absolute atomic E-state index is 0.00607. The molecule has 4 atom stereocenters. The normalized spacial score (nSPS) is 28.3. The lowest BCUT2D eigenvalue weighted by Crippen LogP contribution is -2.58. The van der Waals surface area contributed by atoms with Crippen molar-refractivity contribution < 1.29 is 35.6 Å². The fourth-order valence-corrected chi connectivity index (χ4v) is 7.40. The molecule has 1 aromatic carbocycles. The van der Waals surface area contributed by atoms with Crippen molar-refractivity contribution in [3.05, 3.63) is 35.1 Å². The largest absolute Gasteiger partial charge is 0.416 e. The molecule has 4 aliphatic rings. The SMILES string of the molecule is N#CC1CN(S(=O)(=O)N2CCC[C@H](C(=O)N3[C@@H](C(=O)NCc4ccc(C(F)(F)F)cc4F)C[C@H]4C[C@H]43)C2)C1. The van der Waals surface area contributed by atoms with E-state index in [1.807, 2.05) is 6.07 Å². The zero-order valence-corrected chi connectivity index (χ0v) is 21.1. The van der Waals surface area contributed by atoms with E-state index in [2.05, 4.69) is 5.32 Å². The van der Waals surface area contributed by atoms with E-state index in [0.717, 1.165) is 18.6 Å². The first kappa shape index (κ1) is 26.8. The fourth-order valence-electron chi connectivity index (χ4n) is 5.61. The van der Waals surface area contributed by atoms with Gasteiger partial charge < -0.3 is 10.2 Å². The van der Waals surface area contributed by atoms with Crippen molar-refractivity contribution in [1.82, 2.24) is 18.8 Å². The van der Waals surface area contributed by atoms with Crippen LogP contribution in [0.3, 0.4) is 0 Å². The molecule has 0 spiro atoms. The molecular formula is C24H27F4N5O4S. The number of rotatable bonds is 6. The Bertz CT molecular complexity index is 1280. The molecule has 9 nitrogen and oxygen atoms in total. The fraction of sp³-hybridized carbons (Fsp3) is 0.625. The van der Waals surface area contributed by atoms with Gasteiger partial charge in [-0.2, -0.15) is 35.5 Å². The van der Waals surface area contributed by atoms with E-state index in [1.165, 1.54) is 13.5 Å². The molecule has 0 aromatic heterocycles. The lowest BCUT2D eigenvalue weighted by molar-refractivity contribution is -0.144. The Morgan fingerprint density at radius 3 is 2.53 bits per heavy atom. The van der Waals surface area contributed by atoms with Gasteiger partial charge in [0.25, 0.3) is 10.2 Å². The topological polar surface area (TPSA) is 114 Å². The number of fused-ring (bicyclic) bond motifs is 1. The Morgan fingerprint density at radius 2 is 1.87 bits per heavy atom. The number of nitrogens with one attached hydrogen (secondary N) is 1. The van der Waals surface area contributed by atoms with Crippen molar-refractivity contribution in [2.75, 3.05) is 26.2 Å². The third-order valence-corrected chi connectivity index (χ3v) is 9.85. The summed E-state index contributed by atoms with van der Waals surface area (Å²) in [6.07, 6.45) is -2.55. The maximum atomic E-state index is 14.2. The number of hydrogen-bond donors (Lipinski definition) is 1. The minimum atomic E-state index is -4.68. The summed E-state index contributed by atoms with van der Waals surface area (Å²) in [6.45, 7) is 0.200. The third kappa shape index (κ3) is 4.99.